The van der Waals surface area contributed by atoms with Gasteiger partial charge in [-0.15, -0.1) is 0 Å². The summed E-state index contributed by atoms with van der Waals surface area (Å²) in [5.41, 5.74) is 7.38. The number of carbonyl (C=O) groups excluding carboxylic acids is 2. The van der Waals surface area contributed by atoms with E-state index < -0.39 is 6.04 Å². The Morgan fingerprint density at radius 3 is 2.90 bits per heavy atom. The molecule has 0 bridgehead atoms. The maximum absolute atomic E-state index is 12.2. The molecule has 1 aromatic carbocycles. The Bertz CT molecular complexity index is 547. The number of carbonyl (C=O) groups is 2. The summed E-state index contributed by atoms with van der Waals surface area (Å²) in [5.74, 6) is -0.418. The number of halogens is 1. The smallest absolute Gasteiger partial charge is 0.249 e. The van der Waals surface area contributed by atoms with Crippen LogP contribution in [0.15, 0.2) is 22.7 Å². The molecule has 2 amide bonds. The maximum Gasteiger partial charge on any atom is 0.249 e. The fourth-order valence-electron chi connectivity index (χ4n) is 2.21. The molecule has 1 aliphatic rings. The number of fused-ring (bicyclic) bond motifs is 1. The molecule has 2 rings (SSSR count). The number of nitrogens with zero attached hydrogens (tertiary/aromatic N) is 1. The van der Waals surface area contributed by atoms with Crippen molar-refractivity contribution in [3.05, 3.63) is 28.2 Å². The fraction of sp³-hybridized carbons (Fsp3) is 0.429. The first-order valence-corrected chi connectivity index (χ1v) is 7.39. The lowest BCUT2D eigenvalue weighted by Crippen LogP contribution is -2.43. The predicted octanol–water partition coefficient (Wildman–Crippen LogP) is 1.71. The van der Waals surface area contributed by atoms with Gasteiger partial charge in [0, 0.05) is 16.1 Å². The molecule has 0 saturated carbocycles. The zero-order valence-electron chi connectivity index (χ0n) is 11.5. The van der Waals surface area contributed by atoms with E-state index in [9.17, 15) is 9.59 Å². The van der Waals surface area contributed by atoms with E-state index in [1.165, 1.54) is 4.90 Å². The Balaban J connectivity index is 2.20. The fourth-order valence-corrected chi connectivity index (χ4v) is 2.81. The van der Waals surface area contributed by atoms with Gasteiger partial charge in [0.15, 0.2) is 0 Å². The molecule has 0 aromatic heterocycles. The first-order chi connectivity index (χ1) is 9.45. The number of hydrogen-bond donors (Lipinski definition) is 2. The zero-order chi connectivity index (χ0) is 14.9. The molecule has 20 heavy (non-hydrogen) atoms. The zero-order valence-corrected chi connectivity index (χ0v) is 13.1. The third-order valence-corrected chi connectivity index (χ3v) is 4.18. The highest BCUT2D eigenvalue weighted by atomic mass is 79.9. The molecular weight excluding hydrogens is 322 g/mol. The van der Waals surface area contributed by atoms with E-state index in [1.54, 1.807) is 6.07 Å². The molecule has 1 aliphatic heterocycles. The van der Waals surface area contributed by atoms with Crippen LogP contribution in [0.4, 0.5) is 5.69 Å². The van der Waals surface area contributed by atoms with Crippen molar-refractivity contribution < 1.29 is 9.59 Å². The van der Waals surface area contributed by atoms with Crippen LogP contribution < -0.4 is 16.0 Å². The summed E-state index contributed by atoms with van der Waals surface area (Å²) in [6, 6.07) is 4.86. The molecule has 1 aromatic rings. The van der Waals surface area contributed by atoms with E-state index in [4.69, 9.17) is 5.73 Å². The molecule has 0 aliphatic carbocycles. The van der Waals surface area contributed by atoms with Crippen LogP contribution in [0.3, 0.4) is 0 Å². The van der Waals surface area contributed by atoms with E-state index in [0.717, 1.165) is 16.5 Å². The minimum atomic E-state index is -0.711. The SMILES string of the molecule is CCC(C)NC(=O)CN1C(=O)C(N)c2c(Br)cccc21. The van der Waals surface area contributed by atoms with Crippen molar-refractivity contribution in [2.75, 3.05) is 11.4 Å². The van der Waals surface area contributed by atoms with Crippen molar-refractivity contribution in [3.8, 4) is 0 Å². The molecule has 0 saturated heterocycles. The molecule has 0 spiro atoms. The van der Waals surface area contributed by atoms with E-state index in [1.807, 2.05) is 26.0 Å². The average molecular weight is 340 g/mol. The van der Waals surface area contributed by atoms with E-state index in [0.29, 0.717) is 5.69 Å². The van der Waals surface area contributed by atoms with Crippen LogP contribution in [-0.2, 0) is 9.59 Å². The molecule has 2 unspecified atom stereocenters. The third kappa shape index (κ3) is 2.71. The summed E-state index contributed by atoms with van der Waals surface area (Å²) in [6.07, 6.45) is 0.849. The van der Waals surface area contributed by atoms with Gasteiger partial charge in [0.05, 0.1) is 5.69 Å². The van der Waals surface area contributed by atoms with Gasteiger partial charge in [-0.05, 0) is 25.5 Å². The highest BCUT2D eigenvalue weighted by molar-refractivity contribution is 9.10. The molecule has 5 nitrogen and oxygen atoms in total. The van der Waals surface area contributed by atoms with Crippen LogP contribution in [0.1, 0.15) is 31.9 Å². The molecular formula is C14H18BrN3O2. The first kappa shape index (κ1) is 15.0. The topological polar surface area (TPSA) is 75.4 Å². The van der Waals surface area contributed by atoms with Crippen molar-refractivity contribution >= 4 is 33.4 Å². The number of amides is 2. The largest absolute Gasteiger partial charge is 0.352 e. The van der Waals surface area contributed by atoms with Crippen molar-refractivity contribution in [2.45, 2.75) is 32.4 Å². The lowest BCUT2D eigenvalue weighted by Gasteiger charge is -2.19. The number of nitrogens with two attached hydrogens (primary N) is 1. The monoisotopic (exact) mass is 339 g/mol. The molecule has 0 fully saturated rings. The highest BCUT2D eigenvalue weighted by Gasteiger charge is 2.37. The summed E-state index contributed by atoms with van der Waals surface area (Å²) in [4.78, 5) is 25.6. The van der Waals surface area contributed by atoms with Gasteiger partial charge in [0.25, 0.3) is 0 Å². The standard InChI is InChI=1S/C14H18BrN3O2/c1-3-8(2)17-11(19)7-18-10-6-4-5-9(15)12(10)13(16)14(18)20/h4-6,8,13H,3,7,16H2,1-2H3,(H,17,19). The van der Waals surface area contributed by atoms with Gasteiger partial charge in [0.1, 0.15) is 12.6 Å². The Labute approximate surface area is 126 Å². The van der Waals surface area contributed by atoms with E-state index >= 15 is 0 Å². The Hall–Kier alpha value is -1.40. The van der Waals surface area contributed by atoms with Crippen molar-refractivity contribution in [2.24, 2.45) is 5.73 Å². The van der Waals surface area contributed by atoms with Crippen molar-refractivity contribution in [1.82, 2.24) is 5.32 Å². The Kier molecular flexibility index (Phi) is 4.45. The van der Waals surface area contributed by atoms with Gasteiger partial charge < -0.3 is 16.0 Å². The first-order valence-electron chi connectivity index (χ1n) is 6.60. The predicted molar refractivity (Wildman–Crippen MR) is 81.3 cm³/mol. The normalized spacial score (nSPS) is 18.9. The van der Waals surface area contributed by atoms with Gasteiger partial charge in [-0.1, -0.05) is 28.9 Å². The Morgan fingerprint density at radius 1 is 1.55 bits per heavy atom. The minimum absolute atomic E-state index is 0.000324. The summed E-state index contributed by atoms with van der Waals surface area (Å²) < 4.78 is 0.792. The summed E-state index contributed by atoms with van der Waals surface area (Å²) >= 11 is 3.40. The Morgan fingerprint density at radius 2 is 2.25 bits per heavy atom. The van der Waals surface area contributed by atoms with Crippen LogP contribution in [-0.4, -0.2) is 24.4 Å². The average Bonchev–Trinajstić information content (AvgIpc) is 2.65. The van der Waals surface area contributed by atoms with Gasteiger partial charge in [-0.2, -0.15) is 0 Å². The molecule has 3 N–H and O–H groups in total. The number of nitrogens with one attached hydrogen (secondary N) is 1. The van der Waals surface area contributed by atoms with Gasteiger partial charge in [-0.25, -0.2) is 0 Å². The van der Waals surface area contributed by atoms with Gasteiger partial charge in [-0.3, -0.25) is 9.59 Å². The van der Waals surface area contributed by atoms with Crippen molar-refractivity contribution in [1.29, 1.82) is 0 Å². The summed E-state index contributed by atoms with van der Waals surface area (Å²) in [5, 5.41) is 2.85. The van der Waals surface area contributed by atoms with Crippen LogP contribution in [0.25, 0.3) is 0 Å². The minimum Gasteiger partial charge on any atom is -0.352 e. The number of rotatable bonds is 4. The lowest BCUT2D eigenvalue weighted by atomic mass is 10.1. The lowest BCUT2D eigenvalue weighted by molar-refractivity contribution is -0.124. The van der Waals surface area contributed by atoms with Crippen molar-refractivity contribution in [3.63, 3.8) is 0 Å². The number of benzene rings is 1. The van der Waals surface area contributed by atoms with Gasteiger partial charge in [0.2, 0.25) is 11.8 Å². The second-order valence-corrected chi connectivity index (χ2v) is 5.81. The molecule has 108 valence electrons. The second-order valence-electron chi connectivity index (χ2n) is 4.95. The van der Waals surface area contributed by atoms with Gasteiger partial charge >= 0.3 is 0 Å². The highest BCUT2D eigenvalue weighted by Crippen LogP contribution is 2.38. The van der Waals surface area contributed by atoms with E-state index in [2.05, 4.69) is 21.2 Å². The van der Waals surface area contributed by atoms with Crippen LogP contribution in [0.5, 0.6) is 0 Å². The third-order valence-electron chi connectivity index (χ3n) is 3.49. The summed E-state index contributed by atoms with van der Waals surface area (Å²) in [6.45, 7) is 3.93. The second kappa shape index (κ2) is 5.93. The summed E-state index contributed by atoms with van der Waals surface area (Å²) in [7, 11) is 0. The molecule has 6 heteroatoms. The maximum atomic E-state index is 12.2. The van der Waals surface area contributed by atoms with Crippen LogP contribution >= 0.6 is 15.9 Å². The molecule has 2 atom stereocenters. The number of anilines is 1. The molecule has 1 heterocycles. The molecule has 0 radical (unpaired) electrons. The van der Waals surface area contributed by atoms with Crippen LogP contribution in [0, 0.1) is 0 Å². The van der Waals surface area contributed by atoms with E-state index in [-0.39, 0.29) is 24.4 Å². The number of hydrogen-bond acceptors (Lipinski definition) is 3. The van der Waals surface area contributed by atoms with Crippen LogP contribution in [0.2, 0.25) is 0 Å². The quantitative estimate of drug-likeness (QED) is 0.876.